The average Bonchev–Trinajstić information content (AvgIpc) is 1.41. The fraction of sp³-hybridized carbons (Fsp3) is 1.00. The van der Waals surface area contributed by atoms with Crippen LogP contribution in [-0.2, 0) is 0 Å². The fourth-order valence-electron chi connectivity index (χ4n) is 0.158. The van der Waals surface area contributed by atoms with Gasteiger partial charge in [-0.25, -0.2) is 0 Å². The van der Waals surface area contributed by atoms with E-state index in [4.69, 9.17) is 4.80 Å². The maximum atomic E-state index is 8.21. The molecule has 1 N–H and O–H groups in total. The van der Waals surface area contributed by atoms with Gasteiger partial charge in [-0.1, -0.05) is 13.3 Å². The molecule has 0 atom stereocenters. The molecule has 0 fully saturated rings. The van der Waals surface area contributed by atoms with Crippen molar-refractivity contribution in [1.29, 1.82) is 0 Å². The van der Waals surface area contributed by atoms with Crippen LogP contribution >= 0.6 is 0 Å². The summed E-state index contributed by atoms with van der Waals surface area (Å²) in [4.78, 5) is 8.21. The number of rotatable bonds is 2. The number of hydrogen-bond acceptors (Lipinski definition) is 1. The molecule has 0 amide bonds. The third-order valence-electron chi connectivity index (χ3n) is 0.512. The Morgan fingerprint density at radius 2 is 2.17 bits per heavy atom. The molecule has 1 nitrogen and oxygen atoms in total. The molecule has 0 rings (SSSR count). The Hall–Kier alpha value is 1.81. The minimum atomic E-state index is -0.586. The van der Waals surface area contributed by atoms with E-state index in [0.29, 0.717) is 0 Å². The van der Waals surface area contributed by atoms with Gasteiger partial charge in [-0.2, -0.15) is 0 Å². The molecule has 34 valence electrons. The molecule has 0 saturated heterocycles. The van der Waals surface area contributed by atoms with Crippen LogP contribution in [0.4, 0.5) is 0 Å². The van der Waals surface area contributed by atoms with E-state index in [0.717, 1.165) is 12.5 Å². The van der Waals surface area contributed by atoms with Gasteiger partial charge in [-0.3, -0.25) is 0 Å². The van der Waals surface area contributed by atoms with Gasteiger partial charge >= 0.3 is 51.4 Å². The summed E-state index contributed by atoms with van der Waals surface area (Å²) in [6.07, 6.45) is 1.16. The first-order valence-corrected chi connectivity index (χ1v) is 3.66. The van der Waals surface area contributed by atoms with Crippen LogP contribution in [0.5, 0.6) is 0 Å². The predicted molar refractivity (Wildman–Crippen MR) is 33.0 cm³/mol. The van der Waals surface area contributed by atoms with Crippen LogP contribution in [0.2, 0.25) is 6.04 Å². The van der Waals surface area contributed by atoms with Crippen molar-refractivity contribution < 1.29 is 4.80 Å². The molecule has 3 heteroatoms. The first-order chi connectivity index (χ1) is 2.41. The molecule has 0 aliphatic carbocycles. The molecule has 0 aromatic heterocycles. The second kappa shape index (κ2) is 9.94. The summed E-state index contributed by atoms with van der Waals surface area (Å²) in [6.45, 7) is 2.09. The van der Waals surface area contributed by atoms with Gasteiger partial charge in [0.25, 0.3) is 0 Å². The predicted octanol–water partition coefficient (Wildman–Crippen LogP) is -0.758. The van der Waals surface area contributed by atoms with Crippen molar-refractivity contribution in [2.45, 2.75) is 19.4 Å². The molecular formula is C3H11KOSi. The van der Waals surface area contributed by atoms with E-state index in [2.05, 4.69) is 6.92 Å². The summed E-state index contributed by atoms with van der Waals surface area (Å²) in [5.41, 5.74) is 0. The Balaban J connectivity index is 0. The monoisotopic (exact) mass is 130 g/mol. The molecule has 0 bridgehead atoms. The van der Waals surface area contributed by atoms with Gasteiger partial charge in [0.15, 0.2) is 9.76 Å². The molecule has 0 unspecified atom stereocenters. The van der Waals surface area contributed by atoms with Crippen molar-refractivity contribution in [3.63, 3.8) is 0 Å². The Morgan fingerprint density at radius 3 is 2.17 bits per heavy atom. The average molecular weight is 130 g/mol. The van der Waals surface area contributed by atoms with Crippen molar-refractivity contribution in [3.05, 3.63) is 0 Å². The Labute approximate surface area is 83.9 Å². The standard InChI is InChI=1S/C3H10OSi.K.H/c1-2-3-5-4;;/h4H,2-3,5H2,1H3;;. The van der Waals surface area contributed by atoms with Crippen LogP contribution in [0.15, 0.2) is 0 Å². The van der Waals surface area contributed by atoms with E-state index < -0.39 is 9.76 Å². The molecule has 6 heavy (non-hydrogen) atoms. The zero-order valence-electron chi connectivity index (χ0n) is 3.57. The molecule has 0 aromatic rings. The van der Waals surface area contributed by atoms with Gasteiger partial charge < -0.3 is 4.80 Å². The van der Waals surface area contributed by atoms with Crippen molar-refractivity contribution in [1.82, 2.24) is 0 Å². The van der Waals surface area contributed by atoms with Crippen LogP contribution in [0, 0.1) is 0 Å². The Morgan fingerprint density at radius 1 is 1.67 bits per heavy atom. The molecule has 0 spiro atoms. The van der Waals surface area contributed by atoms with Gasteiger partial charge in [0, 0.05) is 0 Å². The third kappa shape index (κ3) is 9.26. The van der Waals surface area contributed by atoms with Crippen LogP contribution in [-0.4, -0.2) is 65.9 Å². The second-order valence-corrected chi connectivity index (χ2v) is 2.23. The normalized spacial score (nSPS) is 9.00. The summed E-state index contributed by atoms with van der Waals surface area (Å²) in [5.74, 6) is 0. The zero-order chi connectivity index (χ0) is 4.12. The maximum absolute atomic E-state index is 8.21. The van der Waals surface area contributed by atoms with Crippen LogP contribution in [0.3, 0.4) is 0 Å². The summed E-state index contributed by atoms with van der Waals surface area (Å²) in [6, 6.07) is 1.08. The van der Waals surface area contributed by atoms with Gasteiger partial charge in [-0.05, 0) is 6.04 Å². The van der Waals surface area contributed by atoms with Crippen molar-refractivity contribution in [2.24, 2.45) is 0 Å². The van der Waals surface area contributed by atoms with Crippen molar-refractivity contribution in [2.75, 3.05) is 0 Å². The van der Waals surface area contributed by atoms with Crippen molar-refractivity contribution >= 4 is 61.1 Å². The molecule has 0 saturated carbocycles. The first-order valence-electron chi connectivity index (χ1n) is 2.02. The Kier molecular flexibility index (Phi) is 17.8. The Bertz CT molecular complexity index is 18.3. The summed E-state index contributed by atoms with van der Waals surface area (Å²) >= 11 is 0. The van der Waals surface area contributed by atoms with Crippen LogP contribution in [0.1, 0.15) is 13.3 Å². The minimum absolute atomic E-state index is 0. The molecule has 0 aliphatic heterocycles. The third-order valence-corrected chi connectivity index (χ3v) is 1.54. The second-order valence-electron chi connectivity index (χ2n) is 1.08. The van der Waals surface area contributed by atoms with Crippen LogP contribution < -0.4 is 0 Å². The summed E-state index contributed by atoms with van der Waals surface area (Å²) in [7, 11) is -0.586. The van der Waals surface area contributed by atoms with Gasteiger partial charge in [0.05, 0.1) is 0 Å². The molecule has 0 aliphatic rings. The quantitative estimate of drug-likeness (QED) is 0.487. The fourth-order valence-corrected chi connectivity index (χ4v) is 0.474. The van der Waals surface area contributed by atoms with Gasteiger partial charge in [0.1, 0.15) is 0 Å². The summed E-state index contributed by atoms with van der Waals surface area (Å²) < 4.78 is 0. The first kappa shape index (κ1) is 10.7. The van der Waals surface area contributed by atoms with E-state index in [1.165, 1.54) is 0 Å². The molecule has 0 radical (unpaired) electrons. The zero-order valence-corrected chi connectivity index (χ0v) is 4.98. The SMILES string of the molecule is CCC[SiH2]O.[KH]. The van der Waals surface area contributed by atoms with Crippen molar-refractivity contribution in [3.8, 4) is 0 Å². The van der Waals surface area contributed by atoms with E-state index in [1.807, 2.05) is 0 Å². The van der Waals surface area contributed by atoms with Gasteiger partial charge in [0.2, 0.25) is 0 Å². The molecule has 0 aromatic carbocycles. The van der Waals surface area contributed by atoms with E-state index in [9.17, 15) is 0 Å². The van der Waals surface area contributed by atoms with E-state index in [1.54, 1.807) is 0 Å². The molecule has 0 heterocycles. The van der Waals surface area contributed by atoms with E-state index >= 15 is 0 Å². The summed E-state index contributed by atoms with van der Waals surface area (Å²) in [5, 5.41) is 0. The van der Waals surface area contributed by atoms with Crippen LogP contribution in [0.25, 0.3) is 0 Å². The van der Waals surface area contributed by atoms with E-state index in [-0.39, 0.29) is 51.4 Å². The topological polar surface area (TPSA) is 20.2 Å². The van der Waals surface area contributed by atoms with Gasteiger partial charge in [-0.15, -0.1) is 0 Å². The number of hydrogen-bond donors (Lipinski definition) is 1. The molecular weight excluding hydrogens is 119 g/mol.